The van der Waals surface area contributed by atoms with Crippen LogP contribution in [0.3, 0.4) is 0 Å². The van der Waals surface area contributed by atoms with E-state index in [9.17, 15) is 18.8 Å². The van der Waals surface area contributed by atoms with Crippen LogP contribution in [0.4, 0.5) is 4.39 Å². The van der Waals surface area contributed by atoms with Gasteiger partial charge in [0.1, 0.15) is 22.1 Å². The van der Waals surface area contributed by atoms with Gasteiger partial charge in [0.15, 0.2) is 0 Å². The number of carbonyl (C=O) groups is 2. The van der Waals surface area contributed by atoms with Crippen molar-refractivity contribution in [2.75, 3.05) is 0 Å². The highest BCUT2D eigenvalue weighted by molar-refractivity contribution is 7.20. The molecule has 9 heteroatoms. The van der Waals surface area contributed by atoms with Crippen LogP contribution in [-0.2, 0) is 17.9 Å². The number of fused-ring (bicyclic) bond motifs is 1. The molecule has 2 heterocycles. The molecule has 0 aliphatic carbocycles. The molecular weight excluding hydrogens is 361 g/mol. The molecule has 0 saturated carbocycles. The molecule has 0 spiro atoms. The SMILES string of the molecule is Cc1c(C(=O)O)sc2ncn(CC(=O)NCc3ccc(F)cc3)c(=O)c12. The van der Waals surface area contributed by atoms with Crippen molar-refractivity contribution < 1.29 is 19.1 Å². The Morgan fingerprint density at radius 3 is 2.65 bits per heavy atom. The van der Waals surface area contributed by atoms with Gasteiger partial charge in [0, 0.05) is 6.54 Å². The number of benzene rings is 1. The summed E-state index contributed by atoms with van der Waals surface area (Å²) in [4.78, 5) is 40.3. The molecule has 7 nitrogen and oxygen atoms in total. The highest BCUT2D eigenvalue weighted by atomic mass is 32.1. The number of halogens is 1. The van der Waals surface area contributed by atoms with Crippen LogP contribution in [0, 0.1) is 12.7 Å². The summed E-state index contributed by atoms with van der Waals surface area (Å²) in [5.74, 6) is -1.89. The van der Waals surface area contributed by atoms with Crippen molar-refractivity contribution in [1.82, 2.24) is 14.9 Å². The third-order valence-corrected chi connectivity index (χ3v) is 5.02. The minimum Gasteiger partial charge on any atom is -0.477 e. The van der Waals surface area contributed by atoms with Gasteiger partial charge in [0.25, 0.3) is 5.56 Å². The van der Waals surface area contributed by atoms with Gasteiger partial charge in [-0.25, -0.2) is 14.2 Å². The fraction of sp³-hybridized carbons (Fsp3) is 0.176. The van der Waals surface area contributed by atoms with E-state index in [1.165, 1.54) is 18.5 Å². The normalized spacial score (nSPS) is 10.8. The largest absolute Gasteiger partial charge is 0.477 e. The van der Waals surface area contributed by atoms with Gasteiger partial charge in [-0.1, -0.05) is 12.1 Å². The minimum atomic E-state index is -1.12. The van der Waals surface area contributed by atoms with E-state index in [2.05, 4.69) is 10.3 Å². The van der Waals surface area contributed by atoms with Crippen LogP contribution in [0.2, 0.25) is 0 Å². The smallest absolute Gasteiger partial charge is 0.346 e. The number of nitrogens with zero attached hydrogens (tertiary/aromatic N) is 2. The van der Waals surface area contributed by atoms with Crippen LogP contribution in [0.15, 0.2) is 35.4 Å². The quantitative estimate of drug-likeness (QED) is 0.709. The monoisotopic (exact) mass is 375 g/mol. The van der Waals surface area contributed by atoms with Gasteiger partial charge in [0.05, 0.1) is 11.7 Å². The van der Waals surface area contributed by atoms with E-state index in [4.69, 9.17) is 5.11 Å². The molecule has 0 unspecified atom stereocenters. The Labute approximate surface area is 150 Å². The van der Waals surface area contributed by atoms with Gasteiger partial charge in [-0.2, -0.15) is 0 Å². The van der Waals surface area contributed by atoms with Gasteiger partial charge in [0.2, 0.25) is 5.91 Å². The Kier molecular flexibility index (Phi) is 4.81. The summed E-state index contributed by atoms with van der Waals surface area (Å²) in [5, 5.41) is 12.0. The number of nitrogens with one attached hydrogen (secondary N) is 1. The highest BCUT2D eigenvalue weighted by Crippen LogP contribution is 2.26. The topological polar surface area (TPSA) is 101 Å². The average Bonchev–Trinajstić information content (AvgIpc) is 2.94. The zero-order chi connectivity index (χ0) is 18.8. The Balaban J connectivity index is 1.78. The summed E-state index contributed by atoms with van der Waals surface area (Å²) < 4.78 is 14.0. The van der Waals surface area contributed by atoms with E-state index in [0.29, 0.717) is 10.4 Å². The lowest BCUT2D eigenvalue weighted by atomic mass is 10.2. The number of carboxylic acid groups (broad SMARTS) is 1. The molecule has 0 aliphatic heterocycles. The Morgan fingerprint density at radius 2 is 2.00 bits per heavy atom. The standard InChI is InChI=1S/C17H14FN3O4S/c1-9-13-15(26-14(9)17(24)25)20-8-21(16(13)23)7-12(22)19-6-10-2-4-11(18)5-3-10/h2-5,8H,6-7H2,1H3,(H,19,22)(H,24,25). The lowest BCUT2D eigenvalue weighted by molar-refractivity contribution is -0.121. The van der Waals surface area contributed by atoms with Crippen LogP contribution in [0.5, 0.6) is 0 Å². The van der Waals surface area contributed by atoms with Crippen LogP contribution >= 0.6 is 11.3 Å². The van der Waals surface area contributed by atoms with Crippen LogP contribution in [0.1, 0.15) is 20.8 Å². The number of aromatic nitrogens is 2. The lowest BCUT2D eigenvalue weighted by Gasteiger charge is -2.07. The summed E-state index contributed by atoms with van der Waals surface area (Å²) in [6.07, 6.45) is 1.23. The number of aryl methyl sites for hydroxylation is 1. The molecule has 2 N–H and O–H groups in total. The molecular formula is C17H14FN3O4S. The molecule has 0 saturated heterocycles. The number of rotatable bonds is 5. The molecule has 0 bridgehead atoms. The number of thiophene rings is 1. The number of hydrogen-bond acceptors (Lipinski definition) is 5. The first-order valence-corrected chi connectivity index (χ1v) is 8.41. The van der Waals surface area contributed by atoms with Crippen molar-refractivity contribution in [2.45, 2.75) is 20.0 Å². The Bertz CT molecular complexity index is 1060. The van der Waals surface area contributed by atoms with Crippen molar-refractivity contribution in [3.8, 4) is 0 Å². The number of carboxylic acids is 1. The molecule has 0 radical (unpaired) electrons. The zero-order valence-electron chi connectivity index (χ0n) is 13.7. The fourth-order valence-electron chi connectivity index (χ4n) is 2.49. The van der Waals surface area contributed by atoms with Gasteiger partial charge in [-0.05, 0) is 30.2 Å². The maximum Gasteiger partial charge on any atom is 0.346 e. The second-order valence-electron chi connectivity index (χ2n) is 5.62. The zero-order valence-corrected chi connectivity index (χ0v) is 14.5. The third-order valence-electron chi connectivity index (χ3n) is 3.83. The van der Waals surface area contributed by atoms with Crippen molar-refractivity contribution in [3.63, 3.8) is 0 Å². The third kappa shape index (κ3) is 3.47. The fourth-order valence-corrected chi connectivity index (χ4v) is 3.47. The molecule has 1 amide bonds. The molecule has 2 aromatic heterocycles. The maximum atomic E-state index is 12.9. The van der Waals surface area contributed by atoms with Crippen molar-refractivity contribution in [1.29, 1.82) is 0 Å². The second kappa shape index (κ2) is 7.04. The van der Waals surface area contributed by atoms with E-state index in [0.717, 1.165) is 21.5 Å². The first-order chi connectivity index (χ1) is 12.4. The molecule has 26 heavy (non-hydrogen) atoms. The number of hydrogen-bond donors (Lipinski definition) is 2. The van der Waals surface area contributed by atoms with Gasteiger partial charge >= 0.3 is 5.97 Å². The molecule has 134 valence electrons. The van der Waals surface area contributed by atoms with E-state index in [-0.39, 0.29) is 29.2 Å². The predicted octanol–water partition coefficient (Wildman–Crippen LogP) is 1.92. The van der Waals surface area contributed by atoms with E-state index in [1.807, 2.05) is 0 Å². The predicted molar refractivity (Wildman–Crippen MR) is 93.8 cm³/mol. The first kappa shape index (κ1) is 17.7. The molecule has 0 aliphatic rings. The average molecular weight is 375 g/mol. The second-order valence-corrected chi connectivity index (χ2v) is 6.62. The summed E-state index contributed by atoms with van der Waals surface area (Å²) in [7, 11) is 0. The van der Waals surface area contributed by atoms with E-state index >= 15 is 0 Å². The van der Waals surface area contributed by atoms with Crippen molar-refractivity contribution in [3.05, 3.63) is 62.8 Å². The molecule has 3 rings (SSSR count). The van der Waals surface area contributed by atoms with Gasteiger partial charge in [-0.15, -0.1) is 11.3 Å². The van der Waals surface area contributed by atoms with Crippen molar-refractivity contribution >= 4 is 33.4 Å². The minimum absolute atomic E-state index is 0.0584. The lowest BCUT2D eigenvalue weighted by Crippen LogP contribution is -2.32. The molecule has 0 fully saturated rings. The van der Waals surface area contributed by atoms with Crippen LogP contribution in [-0.4, -0.2) is 26.5 Å². The summed E-state index contributed by atoms with van der Waals surface area (Å²) in [6, 6.07) is 5.70. The molecule has 1 aromatic carbocycles. The molecule has 0 atom stereocenters. The highest BCUT2D eigenvalue weighted by Gasteiger charge is 2.19. The first-order valence-electron chi connectivity index (χ1n) is 7.60. The summed E-state index contributed by atoms with van der Waals surface area (Å²) in [6.45, 7) is 1.50. The van der Waals surface area contributed by atoms with Gasteiger partial charge in [-0.3, -0.25) is 14.2 Å². The Morgan fingerprint density at radius 1 is 1.31 bits per heavy atom. The van der Waals surface area contributed by atoms with E-state index < -0.39 is 17.4 Å². The number of aromatic carboxylic acids is 1. The summed E-state index contributed by atoms with van der Waals surface area (Å²) in [5.41, 5.74) is 0.602. The Hall–Kier alpha value is -3.07. The number of carbonyl (C=O) groups excluding carboxylic acids is 1. The summed E-state index contributed by atoms with van der Waals surface area (Å²) >= 11 is 0.927. The van der Waals surface area contributed by atoms with Crippen molar-refractivity contribution in [2.24, 2.45) is 0 Å². The van der Waals surface area contributed by atoms with Crippen LogP contribution in [0.25, 0.3) is 10.2 Å². The van der Waals surface area contributed by atoms with Crippen LogP contribution < -0.4 is 10.9 Å². The van der Waals surface area contributed by atoms with Gasteiger partial charge < -0.3 is 10.4 Å². The van der Waals surface area contributed by atoms with E-state index in [1.54, 1.807) is 19.1 Å². The maximum absolute atomic E-state index is 12.9. The molecule has 3 aromatic rings. The number of amides is 1.